The van der Waals surface area contributed by atoms with Crippen LogP contribution in [-0.4, -0.2) is 38.1 Å². The summed E-state index contributed by atoms with van der Waals surface area (Å²) < 4.78 is 1.55. The fraction of sp³-hybridized carbons (Fsp3) is 0.500. The first-order valence-corrected chi connectivity index (χ1v) is 6.37. The van der Waals surface area contributed by atoms with Gasteiger partial charge in [-0.2, -0.15) is 4.98 Å². The van der Waals surface area contributed by atoms with Gasteiger partial charge in [-0.05, 0) is 31.7 Å². The van der Waals surface area contributed by atoms with E-state index in [0.717, 1.165) is 18.5 Å². The highest BCUT2D eigenvalue weighted by Crippen LogP contribution is 2.31. The molecular weight excluding hydrogens is 244 g/mol. The molecular formula is C12H16N6O. The van der Waals surface area contributed by atoms with Gasteiger partial charge in [0.2, 0.25) is 5.82 Å². The smallest absolute Gasteiger partial charge is 0.291 e. The van der Waals surface area contributed by atoms with Crippen molar-refractivity contribution < 1.29 is 4.79 Å². The predicted molar refractivity (Wildman–Crippen MR) is 68.6 cm³/mol. The van der Waals surface area contributed by atoms with Crippen molar-refractivity contribution in [3.8, 4) is 0 Å². The van der Waals surface area contributed by atoms with Crippen LogP contribution in [0.15, 0.2) is 12.3 Å². The van der Waals surface area contributed by atoms with Crippen molar-refractivity contribution in [3.05, 3.63) is 23.8 Å². The Balaban J connectivity index is 1.72. The third kappa shape index (κ3) is 2.41. The number of hydrogen-bond acceptors (Lipinski definition) is 5. The average molecular weight is 260 g/mol. The van der Waals surface area contributed by atoms with E-state index in [0.29, 0.717) is 18.2 Å². The normalized spacial score (nSPS) is 16.5. The van der Waals surface area contributed by atoms with Crippen molar-refractivity contribution in [1.29, 1.82) is 0 Å². The van der Waals surface area contributed by atoms with Crippen LogP contribution in [0.4, 0.5) is 0 Å². The van der Waals surface area contributed by atoms with Crippen LogP contribution < -0.4 is 11.1 Å². The molecule has 1 unspecified atom stereocenters. The Kier molecular flexibility index (Phi) is 2.90. The lowest BCUT2D eigenvalue weighted by Gasteiger charge is -2.09. The second-order valence-electron chi connectivity index (χ2n) is 4.94. The highest BCUT2D eigenvalue weighted by molar-refractivity contribution is 5.90. The first kappa shape index (κ1) is 12.0. The Bertz CT molecular complexity index is 618. The number of carbonyl (C=O) groups excluding carboxylic acids is 1. The number of nitrogens with one attached hydrogen (secondary N) is 1. The van der Waals surface area contributed by atoms with Gasteiger partial charge < -0.3 is 11.1 Å². The van der Waals surface area contributed by atoms with E-state index >= 15 is 0 Å². The summed E-state index contributed by atoms with van der Waals surface area (Å²) in [5.41, 5.74) is 6.81. The van der Waals surface area contributed by atoms with Gasteiger partial charge in [-0.15, -0.1) is 5.10 Å². The van der Waals surface area contributed by atoms with E-state index in [1.54, 1.807) is 10.7 Å². The molecule has 3 rings (SSSR count). The fourth-order valence-electron chi connectivity index (χ4n) is 1.98. The van der Waals surface area contributed by atoms with E-state index in [9.17, 15) is 4.79 Å². The van der Waals surface area contributed by atoms with Crippen molar-refractivity contribution in [3.63, 3.8) is 0 Å². The summed E-state index contributed by atoms with van der Waals surface area (Å²) >= 11 is 0. The lowest BCUT2D eigenvalue weighted by Crippen LogP contribution is -2.38. The summed E-state index contributed by atoms with van der Waals surface area (Å²) in [7, 11) is 0. The predicted octanol–water partition coefficient (Wildman–Crippen LogP) is -0.100. The Hall–Kier alpha value is -2.02. The lowest BCUT2D eigenvalue weighted by atomic mass is 10.2. The van der Waals surface area contributed by atoms with Crippen LogP contribution in [0, 0.1) is 12.8 Å². The van der Waals surface area contributed by atoms with Gasteiger partial charge in [0, 0.05) is 24.5 Å². The van der Waals surface area contributed by atoms with E-state index in [4.69, 9.17) is 5.73 Å². The maximum absolute atomic E-state index is 11.9. The topological polar surface area (TPSA) is 98.2 Å². The standard InChI is InChI=1S/C12H16N6O/c1-7-4-5-14-12-16-10(17-18(7)12)11(19)15-6-9(13)8-2-3-8/h4-5,8-9H,2-3,6,13H2,1H3,(H,15,19). The minimum Gasteiger partial charge on any atom is -0.348 e. The van der Waals surface area contributed by atoms with Crippen molar-refractivity contribution >= 4 is 11.7 Å². The van der Waals surface area contributed by atoms with Crippen LogP contribution in [0.3, 0.4) is 0 Å². The summed E-state index contributed by atoms with van der Waals surface area (Å²) in [5.74, 6) is 0.806. The highest BCUT2D eigenvalue weighted by Gasteiger charge is 2.28. The highest BCUT2D eigenvalue weighted by atomic mass is 16.2. The molecule has 3 N–H and O–H groups in total. The van der Waals surface area contributed by atoms with Gasteiger partial charge in [-0.1, -0.05) is 0 Å². The molecule has 2 aromatic heterocycles. The zero-order valence-corrected chi connectivity index (χ0v) is 10.7. The first-order chi connectivity index (χ1) is 9.15. The van der Waals surface area contributed by atoms with E-state index < -0.39 is 0 Å². The second-order valence-corrected chi connectivity index (χ2v) is 4.94. The third-order valence-corrected chi connectivity index (χ3v) is 3.36. The van der Waals surface area contributed by atoms with Gasteiger partial charge in [0.15, 0.2) is 0 Å². The minimum absolute atomic E-state index is 0.0286. The molecule has 7 heteroatoms. The molecule has 2 aromatic rings. The zero-order chi connectivity index (χ0) is 13.4. The monoisotopic (exact) mass is 260 g/mol. The maximum atomic E-state index is 11.9. The summed E-state index contributed by atoms with van der Waals surface area (Å²) in [6, 6.07) is 1.84. The number of aryl methyl sites for hydroxylation is 1. The van der Waals surface area contributed by atoms with Crippen molar-refractivity contribution in [1.82, 2.24) is 24.9 Å². The van der Waals surface area contributed by atoms with E-state index in [1.807, 2.05) is 13.0 Å². The molecule has 0 aromatic carbocycles. The minimum atomic E-state index is -0.305. The van der Waals surface area contributed by atoms with Gasteiger partial charge in [0.1, 0.15) is 0 Å². The number of aromatic nitrogens is 4. The van der Waals surface area contributed by atoms with Crippen LogP contribution in [0.1, 0.15) is 29.2 Å². The molecule has 0 aliphatic heterocycles. The Morgan fingerprint density at radius 3 is 3.11 bits per heavy atom. The van der Waals surface area contributed by atoms with Crippen molar-refractivity contribution in [2.75, 3.05) is 6.54 Å². The summed E-state index contributed by atoms with van der Waals surface area (Å²) in [6.45, 7) is 2.35. The van der Waals surface area contributed by atoms with Gasteiger partial charge in [0.25, 0.3) is 11.7 Å². The molecule has 1 aliphatic rings. The third-order valence-electron chi connectivity index (χ3n) is 3.36. The lowest BCUT2D eigenvalue weighted by molar-refractivity contribution is 0.0940. The molecule has 100 valence electrons. The summed E-state index contributed by atoms with van der Waals surface area (Å²) in [6.07, 6.45) is 3.96. The molecule has 7 nitrogen and oxygen atoms in total. The van der Waals surface area contributed by atoms with Crippen LogP contribution >= 0.6 is 0 Å². The quantitative estimate of drug-likeness (QED) is 0.800. The molecule has 1 saturated carbocycles. The van der Waals surface area contributed by atoms with Gasteiger partial charge >= 0.3 is 0 Å². The Labute approximate surface area is 110 Å². The Morgan fingerprint density at radius 2 is 2.42 bits per heavy atom. The molecule has 0 bridgehead atoms. The SMILES string of the molecule is Cc1ccnc2nc(C(=O)NCC(N)C3CC3)nn12. The zero-order valence-electron chi connectivity index (χ0n) is 10.7. The largest absolute Gasteiger partial charge is 0.348 e. The van der Waals surface area contributed by atoms with Crippen molar-refractivity contribution in [2.45, 2.75) is 25.8 Å². The van der Waals surface area contributed by atoms with Gasteiger partial charge in [-0.3, -0.25) is 4.79 Å². The van der Waals surface area contributed by atoms with Gasteiger partial charge in [-0.25, -0.2) is 9.50 Å². The number of fused-ring (bicyclic) bond motifs is 1. The molecule has 2 heterocycles. The van der Waals surface area contributed by atoms with E-state index in [2.05, 4.69) is 20.4 Å². The van der Waals surface area contributed by atoms with Crippen LogP contribution in [0.2, 0.25) is 0 Å². The number of nitrogens with two attached hydrogens (primary N) is 1. The number of hydrogen-bond donors (Lipinski definition) is 2. The Morgan fingerprint density at radius 1 is 1.63 bits per heavy atom. The summed E-state index contributed by atoms with van der Waals surface area (Å²) in [4.78, 5) is 20.1. The van der Waals surface area contributed by atoms with Crippen LogP contribution in [0.25, 0.3) is 5.78 Å². The fourth-order valence-corrected chi connectivity index (χ4v) is 1.98. The second kappa shape index (κ2) is 4.58. The average Bonchev–Trinajstić information content (AvgIpc) is 3.15. The van der Waals surface area contributed by atoms with Crippen molar-refractivity contribution in [2.24, 2.45) is 11.7 Å². The molecule has 0 saturated heterocycles. The molecule has 1 atom stereocenters. The number of nitrogens with zero attached hydrogens (tertiary/aromatic N) is 4. The molecule has 1 aliphatic carbocycles. The first-order valence-electron chi connectivity index (χ1n) is 6.37. The molecule has 0 spiro atoms. The number of rotatable bonds is 4. The molecule has 1 fully saturated rings. The van der Waals surface area contributed by atoms with Gasteiger partial charge in [0.05, 0.1) is 0 Å². The number of carbonyl (C=O) groups is 1. The van der Waals surface area contributed by atoms with E-state index in [1.165, 1.54) is 0 Å². The van der Waals surface area contributed by atoms with Crippen LogP contribution in [0.5, 0.6) is 0 Å². The van der Waals surface area contributed by atoms with E-state index in [-0.39, 0.29) is 17.8 Å². The molecule has 0 radical (unpaired) electrons. The summed E-state index contributed by atoms with van der Waals surface area (Å²) in [5, 5.41) is 6.91. The molecule has 1 amide bonds. The van der Waals surface area contributed by atoms with Crippen LogP contribution in [-0.2, 0) is 0 Å². The maximum Gasteiger partial charge on any atom is 0.291 e. The molecule has 19 heavy (non-hydrogen) atoms. The number of amides is 1.